The average molecular weight is 395 g/mol. The van der Waals surface area contributed by atoms with Crippen LogP contribution in [-0.2, 0) is 4.74 Å². The minimum atomic E-state index is 0.495. The second-order valence-corrected chi connectivity index (χ2v) is 7.51. The molecule has 3 aromatic rings. The molecule has 0 aliphatic carbocycles. The van der Waals surface area contributed by atoms with Gasteiger partial charge in [-0.1, -0.05) is 0 Å². The molecule has 0 saturated carbocycles. The van der Waals surface area contributed by atoms with Crippen LogP contribution in [-0.4, -0.2) is 71.1 Å². The van der Waals surface area contributed by atoms with Crippen molar-refractivity contribution in [2.24, 2.45) is 5.92 Å². The van der Waals surface area contributed by atoms with Gasteiger partial charge in [-0.25, -0.2) is 5.10 Å². The highest BCUT2D eigenvalue weighted by Gasteiger charge is 2.22. The largest absolute Gasteiger partial charge is 0.477 e. The Balaban J connectivity index is 1.28. The highest BCUT2D eigenvalue weighted by atomic mass is 16.5. The predicted octanol–water partition coefficient (Wildman–Crippen LogP) is 1.88. The molecule has 0 aromatic carbocycles. The lowest BCUT2D eigenvalue weighted by Gasteiger charge is -2.31. The van der Waals surface area contributed by atoms with E-state index in [0.717, 1.165) is 74.9 Å². The van der Waals surface area contributed by atoms with E-state index in [1.54, 1.807) is 6.33 Å². The molecule has 2 aliphatic heterocycles. The Morgan fingerprint density at radius 1 is 1.10 bits per heavy atom. The van der Waals surface area contributed by atoms with Crippen molar-refractivity contribution in [2.45, 2.75) is 12.8 Å². The number of ether oxygens (including phenoxy) is 2. The summed E-state index contributed by atoms with van der Waals surface area (Å²) in [7, 11) is 0. The molecule has 5 rings (SSSR count). The first kappa shape index (κ1) is 18.1. The molecule has 9 nitrogen and oxygen atoms in total. The van der Waals surface area contributed by atoms with Crippen molar-refractivity contribution < 1.29 is 9.47 Å². The monoisotopic (exact) mass is 395 g/mol. The summed E-state index contributed by atoms with van der Waals surface area (Å²) in [6, 6.07) is 6.00. The van der Waals surface area contributed by atoms with Gasteiger partial charge in [0.2, 0.25) is 11.8 Å². The molecule has 29 heavy (non-hydrogen) atoms. The number of aromatic nitrogens is 5. The van der Waals surface area contributed by atoms with E-state index in [4.69, 9.17) is 14.5 Å². The quantitative estimate of drug-likeness (QED) is 0.700. The van der Waals surface area contributed by atoms with E-state index in [9.17, 15) is 0 Å². The molecule has 0 spiro atoms. The molecule has 2 fully saturated rings. The number of hydrogen-bond acceptors (Lipinski definition) is 8. The lowest BCUT2D eigenvalue weighted by molar-refractivity contribution is 0.122. The second kappa shape index (κ2) is 8.20. The van der Waals surface area contributed by atoms with Gasteiger partial charge in [-0.3, -0.25) is 4.98 Å². The van der Waals surface area contributed by atoms with Crippen molar-refractivity contribution in [2.75, 3.05) is 55.8 Å². The SMILES string of the molecule is c1cnc2cc(N3CCOCC3)nc(OCC3CCN(c4ncn[nH]4)CC3)c2c1. The van der Waals surface area contributed by atoms with Crippen molar-refractivity contribution in [1.29, 1.82) is 0 Å². The summed E-state index contributed by atoms with van der Waals surface area (Å²) in [6.07, 6.45) is 5.48. The van der Waals surface area contributed by atoms with Gasteiger partial charge in [-0.2, -0.15) is 15.1 Å². The number of hydrogen-bond donors (Lipinski definition) is 1. The number of rotatable bonds is 5. The van der Waals surface area contributed by atoms with Crippen molar-refractivity contribution in [3.8, 4) is 5.88 Å². The fourth-order valence-corrected chi connectivity index (χ4v) is 3.96. The average Bonchev–Trinajstić information content (AvgIpc) is 3.33. The van der Waals surface area contributed by atoms with Crippen LogP contribution in [0.2, 0.25) is 0 Å². The molecule has 0 amide bonds. The number of morpholine rings is 1. The molecular formula is C20H25N7O2. The van der Waals surface area contributed by atoms with E-state index in [2.05, 4.69) is 30.0 Å². The van der Waals surface area contributed by atoms with Crippen LogP contribution in [0.4, 0.5) is 11.8 Å². The van der Waals surface area contributed by atoms with Gasteiger partial charge in [0, 0.05) is 38.4 Å². The number of pyridine rings is 2. The van der Waals surface area contributed by atoms with E-state index in [1.807, 2.05) is 24.4 Å². The number of nitrogens with zero attached hydrogens (tertiary/aromatic N) is 6. The van der Waals surface area contributed by atoms with Crippen LogP contribution in [0.15, 0.2) is 30.7 Å². The Hall–Kier alpha value is -2.94. The highest BCUT2D eigenvalue weighted by Crippen LogP contribution is 2.29. The molecule has 9 heteroatoms. The van der Waals surface area contributed by atoms with Gasteiger partial charge >= 0.3 is 0 Å². The maximum absolute atomic E-state index is 6.25. The first-order valence-electron chi connectivity index (χ1n) is 10.2. The summed E-state index contributed by atoms with van der Waals surface area (Å²) in [6.45, 7) is 5.69. The van der Waals surface area contributed by atoms with E-state index in [-0.39, 0.29) is 0 Å². The Kier molecular flexibility index (Phi) is 5.12. The van der Waals surface area contributed by atoms with Crippen LogP contribution in [0.25, 0.3) is 10.9 Å². The van der Waals surface area contributed by atoms with E-state index >= 15 is 0 Å². The Bertz CT molecular complexity index is 935. The van der Waals surface area contributed by atoms with Crippen LogP contribution in [0.1, 0.15) is 12.8 Å². The summed E-state index contributed by atoms with van der Waals surface area (Å²) in [4.78, 5) is 18.1. The van der Waals surface area contributed by atoms with Gasteiger partial charge in [0.05, 0.1) is 30.7 Å². The maximum atomic E-state index is 6.25. The predicted molar refractivity (Wildman–Crippen MR) is 109 cm³/mol. The first-order chi connectivity index (χ1) is 14.4. The number of nitrogens with one attached hydrogen (secondary N) is 1. The third-order valence-corrected chi connectivity index (χ3v) is 5.66. The molecule has 2 saturated heterocycles. The molecule has 3 aromatic heterocycles. The van der Waals surface area contributed by atoms with Gasteiger partial charge in [-0.05, 0) is 30.9 Å². The summed E-state index contributed by atoms with van der Waals surface area (Å²) in [5, 5.41) is 7.84. The van der Waals surface area contributed by atoms with Crippen molar-refractivity contribution in [1.82, 2.24) is 25.1 Å². The summed E-state index contributed by atoms with van der Waals surface area (Å²) in [5.74, 6) is 2.93. The van der Waals surface area contributed by atoms with Crippen LogP contribution < -0.4 is 14.5 Å². The van der Waals surface area contributed by atoms with Crippen LogP contribution >= 0.6 is 0 Å². The van der Waals surface area contributed by atoms with Crippen molar-refractivity contribution in [3.63, 3.8) is 0 Å². The molecule has 1 N–H and O–H groups in total. The van der Waals surface area contributed by atoms with Gasteiger partial charge in [0.15, 0.2) is 0 Å². The van der Waals surface area contributed by atoms with E-state index in [0.29, 0.717) is 18.4 Å². The number of piperidine rings is 1. The fourth-order valence-electron chi connectivity index (χ4n) is 3.96. The summed E-state index contributed by atoms with van der Waals surface area (Å²) >= 11 is 0. The van der Waals surface area contributed by atoms with Crippen LogP contribution in [0.5, 0.6) is 5.88 Å². The summed E-state index contributed by atoms with van der Waals surface area (Å²) in [5.41, 5.74) is 0.916. The van der Waals surface area contributed by atoms with E-state index < -0.39 is 0 Å². The third kappa shape index (κ3) is 3.95. The maximum Gasteiger partial charge on any atom is 0.224 e. The second-order valence-electron chi connectivity index (χ2n) is 7.51. The number of aromatic amines is 1. The molecule has 2 aliphatic rings. The zero-order chi connectivity index (χ0) is 19.5. The minimum absolute atomic E-state index is 0.495. The Morgan fingerprint density at radius 3 is 2.76 bits per heavy atom. The summed E-state index contributed by atoms with van der Waals surface area (Å²) < 4.78 is 11.7. The van der Waals surface area contributed by atoms with Gasteiger partial charge < -0.3 is 19.3 Å². The van der Waals surface area contributed by atoms with Gasteiger partial charge in [-0.15, -0.1) is 0 Å². The topological polar surface area (TPSA) is 92.3 Å². The third-order valence-electron chi connectivity index (χ3n) is 5.66. The smallest absolute Gasteiger partial charge is 0.224 e. The van der Waals surface area contributed by atoms with Crippen molar-refractivity contribution >= 4 is 22.7 Å². The molecular weight excluding hydrogens is 370 g/mol. The van der Waals surface area contributed by atoms with Gasteiger partial charge in [0.25, 0.3) is 0 Å². The van der Waals surface area contributed by atoms with Crippen LogP contribution in [0.3, 0.4) is 0 Å². The minimum Gasteiger partial charge on any atom is -0.477 e. The Labute approximate surface area is 169 Å². The molecule has 0 radical (unpaired) electrons. The van der Waals surface area contributed by atoms with E-state index in [1.165, 1.54) is 0 Å². The molecule has 152 valence electrons. The molecule has 5 heterocycles. The number of H-pyrrole nitrogens is 1. The normalized spacial score (nSPS) is 18.3. The van der Waals surface area contributed by atoms with Crippen LogP contribution in [0, 0.1) is 5.92 Å². The van der Waals surface area contributed by atoms with Gasteiger partial charge in [0.1, 0.15) is 12.1 Å². The lowest BCUT2D eigenvalue weighted by atomic mass is 9.98. The highest BCUT2D eigenvalue weighted by molar-refractivity contribution is 5.85. The standard InChI is InChI=1S/C20H25N7O2/c1-2-16-17(21-5-1)12-18(26-8-10-28-11-9-26)24-19(16)29-13-15-3-6-27(7-4-15)20-22-14-23-25-20/h1-2,5,12,14-15H,3-4,6-11,13H2,(H,22,23,25). The Morgan fingerprint density at radius 2 is 1.97 bits per heavy atom. The fraction of sp³-hybridized carbons (Fsp3) is 0.500. The zero-order valence-electron chi connectivity index (χ0n) is 16.3. The number of fused-ring (bicyclic) bond motifs is 1. The molecule has 0 atom stereocenters. The molecule has 0 bridgehead atoms. The number of anilines is 2. The zero-order valence-corrected chi connectivity index (χ0v) is 16.3. The first-order valence-corrected chi connectivity index (χ1v) is 10.2. The van der Waals surface area contributed by atoms with Crippen molar-refractivity contribution in [3.05, 3.63) is 30.7 Å². The lowest BCUT2D eigenvalue weighted by Crippen LogP contribution is -2.37. The molecule has 0 unspecified atom stereocenters.